The molecule has 1 rings (SSSR count). The highest BCUT2D eigenvalue weighted by atomic mass is 19.4. The molecule has 0 amide bonds. The molecular formula is C9H8F5NO. The SMILES string of the molecule is Nc1ccc(OCC(F)(F)F)cc1C(F)F. The number of nitrogen functional groups attached to an aromatic ring is 1. The Hall–Kier alpha value is -1.53. The van der Waals surface area contributed by atoms with Crippen LogP contribution in [0.25, 0.3) is 0 Å². The lowest BCUT2D eigenvalue weighted by molar-refractivity contribution is -0.153. The van der Waals surface area contributed by atoms with Crippen LogP contribution < -0.4 is 10.5 Å². The van der Waals surface area contributed by atoms with Crippen LogP contribution in [0.3, 0.4) is 0 Å². The molecule has 0 spiro atoms. The van der Waals surface area contributed by atoms with E-state index in [9.17, 15) is 22.0 Å². The van der Waals surface area contributed by atoms with Gasteiger partial charge >= 0.3 is 6.18 Å². The molecule has 0 aliphatic rings. The van der Waals surface area contributed by atoms with Crippen molar-refractivity contribution in [2.75, 3.05) is 12.3 Å². The third-order valence-electron chi connectivity index (χ3n) is 1.70. The molecule has 2 N–H and O–H groups in total. The number of anilines is 1. The summed E-state index contributed by atoms with van der Waals surface area (Å²) < 4.78 is 64.3. The van der Waals surface area contributed by atoms with Gasteiger partial charge in [-0.25, -0.2) is 8.78 Å². The second kappa shape index (κ2) is 4.54. The number of hydrogen-bond acceptors (Lipinski definition) is 2. The molecule has 7 heteroatoms. The van der Waals surface area contributed by atoms with Gasteiger partial charge in [-0.05, 0) is 18.2 Å². The first-order valence-corrected chi connectivity index (χ1v) is 4.17. The minimum absolute atomic E-state index is 0.186. The number of hydrogen-bond donors (Lipinski definition) is 1. The van der Waals surface area contributed by atoms with E-state index in [1.54, 1.807) is 0 Å². The van der Waals surface area contributed by atoms with Gasteiger partial charge in [0.25, 0.3) is 6.43 Å². The minimum Gasteiger partial charge on any atom is -0.484 e. The van der Waals surface area contributed by atoms with Crippen LogP contribution in [0.5, 0.6) is 5.75 Å². The quantitative estimate of drug-likeness (QED) is 0.651. The van der Waals surface area contributed by atoms with Crippen molar-refractivity contribution in [2.45, 2.75) is 12.6 Å². The van der Waals surface area contributed by atoms with Gasteiger partial charge in [-0.3, -0.25) is 0 Å². The summed E-state index contributed by atoms with van der Waals surface area (Å²) in [6.07, 6.45) is -7.36. The van der Waals surface area contributed by atoms with E-state index in [1.165, 1.54) is 0 Å². The monoisotopic (exact) mass is 241 g/mol. The Morgan fingerprint density at radius 3 is 2.38 bits per heavy atom. The topological polar surface area (TPSA) is 35.2 Å². The van der Waals surface area contributed by atoms with E-state index in [1.807, 2.05) is 0 Å². The fourth-order valence-electron chi connectivity index (χ4n) is 0.997. The molecule has 16 heavy (non-hydrogen) atoms. The van der Waals surface area contributed by atoms with Gasteiger partial charge < -0.3 is 10.5 Å². The van der Waals surface area contributed by atoms with Crippen LogP contribution in [0, 0.1) is 0 Å². The lowest BCUT2D eigenvalue weighted by Gasteiger charge is -2.11. The highest BCUT2D eigenvalue weighted by Gasteiger charge is 2.28. The zero-order valence-corrected chi connectivity index (χ0v) is 7.89. The molecule has 0 aromatic heterocycles. The molecule has 0 heterocycles. The molecule has 0 saturated heterocycles. The van der Waals surface area contributed by atoms with Crippen molar-refractivity contribution < 1.29 is 26.7 Å². The molecule has 0 aliphatic heterocycles. The first-order valence-electron chi connectivity index (χ1n) is 4.17. The number of alkyl halides is 5. The van der Waals surface area contributed by atoms with Crippen LogP contribution >= 0.6 is 0 Å². The predicted octanol–water partition coefficient (Wildman–Crippen LogP) is 3.15. The molecule has 0 fully saturated rings. The fraction of sp³-hybridized carbons (Fsp3) is 0.333. The van der Waals surface area contributed by atoms with Crippen molar-refractivity contribution >= 4 is 5.69 Å². The van der Waals surface area contributed by atoms with Crippen molar-refractivity contribution in [3.8, 4) is 5.75 Å². The summed E-state index contributed by atoms with van der Waals surface area (Å²) in [5.74, 6) is -0.290. The number of halogens is 5. The maximum Gasteiger partial charge on any atom is 0.422 e. The maximum atomic E-state index is 12.3. The van der Waals surface area contributed by atoms with Crippen molar-refractivity contribution in [3.63, 3.8) is 0 Å². The first-order chi connectivity index (χ1) is 7.29. The molecule has 0 radical (unpaired) electrons. The van der Waals surface area contributed by atoms with E-state index in [0.717, 1.165) is 18.2 Å². The largest absolute Gasteiger partial charge is 0.484 e. The Labute approximate surface area is 87.8 Å². The van der Waals surface area contributed by atoms with Gasteiger partial charge in [-0.2, -0.15) is 13.2 Å². The Morgan fingerprint density at radius 1 is 1.25 bits per heavy atom. The summed E-state index contributed by atoms with van der Waals surface area (Å²) in [6, 6.07) is 2.98. The van der Waals surface area contributed by atoms with Gasteiger partial charge in [-0.1, -0.05) is 0 Å². The highest BCUT2D eigenvalue weighted by Crippen LogP contribution is 2.29. The lowest BCUT2D eigenvalue weighted by Crippen LogP contribution is -2.19. The molecule has 1 aromatic rings. The second-order valence-corrected chi connectivity index (χ2v) is 3.00. The van der Waals surface area contributed by atoms with Gasteiger partial charge in [0.1, 0.15) is 5.75 Å². The summed E-state index contributed by atoms with van der Waals surface area (Å²) in [5.41, 5.74) is 4.49. The van der Waals surface area contributed by atoms with Crippen LogP contribution in [0.2, 0.25) is 0 Å². The van der Waals surface area contributed by atoms with Crippen molar-refractivity contribution in [2.24, 2.45) is 0 Å². The van der Waals surface area contributed by atoms with E-state index < -0.39 is 24.8 Å². The summed E-state index contributed by atoms with van der Waals surface area (Å²) >= 11 is 0. The van der Waals surface area contributed by atoms with Gasteiger partial charge in [0.15, 0.2) is 6.61 Å². The molecule has 1 aromatic carbocycles. The molecule has 0 bridgehead atoms. The molecule has 0 aliphatic carbocycles. The standard InChI is InChI=1S/C9H8F5NO/c10-8(11)6-3-5(1-2-7(6)15)16-4-9(12,13)14/h1-3,8H,4,15H2. The van der Waals surface area contributed by atoms with E-state index in [2.05, 4.69) is 4.74 Å². The molecular weight excluding hydrogens is 233 g/mol. The Balaban J connectivity index is 2.79. The molecule has 90 valence electrons. The smallest absolute Gasteiger partial charge is 0.422 e. The fourth-order valence-corrected chi connectivity index (χ4v) is 0.997. The number of nitrogens with two attached hydrogens (primary N) is 1. The third-order valence-corrected chi connectivity index (χ3v) is 1.70. The van der Waals surface area contributed by atoms with E-state index >= 15 is 0 Å². The molecule has 0 unspecified atom stereocenters. The van der Waals surface area contributed by atoms with E-state index in [0.29, 0.717) is 0 Å². The normalized spacial score (nSPS) is 11.9. The van der Waals surface area contributed by atoms with Gasteiger partial charge in [0, 0.05) is 11.3 Å². The van der Waals surface area contributed by atoms with E-state index in [4.69, 9.17) is 5.73 Å². The Kier molecular flexibility index (Phi) is 3.56. The molecule has 2 nitrogen and oxygen atoms in total. The molecule has 0 saturated carbocycles. The predicted molar refractivity (Wildman–Crippen MR) is 47.4 cm³/mol. The summed E-state index contributed by atoms with van der Waals surface area (Å²) in [7, 11) is 0. The number of benzene rings is 1. The summed E-state index contributed by atoms with van der Waals surface area (Å²) in [4.78, 5) is 0. The van der Waals surface area contributed by atoms with Gasteiger partial charge in [0.05, 0.1) is 0 Å². The van der Waals surface area contributed by atoms with Crippen LogP contribution in [-0.4, -0.2) is 12.8 Å². The van der Waals surface area contributed by atoms with E-state index in [-0.39, 0.29) is 11.4 Å². The molecule has 0 atom stereocenters. The zero-order valence-electron chi connectivity index (χ0n) is 7.89. The van der Waals surface area contributed by atoms with Crippen LogP contribution in [0.4, 0.5) is 27.6 Å². The summed E-state index contributed by atoms with van der Waals surface area (Å²) in [5, 5.41) is 0. The minimum atomic E-state index is -4.51. The maximum absolute atomic E-state index is 12.3. The van der Waals surface area contributed by atoms with Gasteiger partial charge in [-0.15, -0.1) is 0 Å². The van der Waals surface area contributed by atoms with Crippen molar-refractivity contribution in [1.82, 2.24) is 0 Å². The summed E-state index contributed by atoms with van der Waals surface area (Å²) in [6.45, 7) is -1.53. The lowest BCUT2D eigenvalue weighted by atomic mass is 10.2. The van der Waals surface area contributed by atoms with Crippen LogP contribution in [0.1, 0.15) is 12.0 Å². The number of ether oxygens (including phenoxy) is 1. The second-order valence-electron chi connectivity index (χ2n) is 3.00. The van der Waals surface area contributed by atoms with Crippen molar-refractivity contribution in [1.29, 1.82) is 0 Å². The Morgan fingerprint density at radius 2 is 1.88 bits per heavy atom. The van der Waals surface area contributed by atoms with Crippen molar-refractivity contribution in [3.05, 3.63) is 23.8 Å². The van der Waals surface area contributed by atoms with Gasteiger partial charge in [0.2, 0.25) is 0 Å². The number of rotatable bonds is 3. The first kappa shape index (κ1) is 12.5. The average Bonchev–Trinajstić information content (AvgIpc) is 2.14. The van der Waals surface area contributed by atoms with Crippen LogP contribution in [-0.2, 0) is 0 Å². The third kappa shape index (κ3) is 3.56. The Bertz CT molecular complexity index is 363. The average molecular weight is 241 g/mol. The van der Waals surface area contributed by atoms with Crippen LogP contribution in [0.15, 0.2) is 18.2 Å². The zero-order chi connectivity index (χ0) is 12.3. The highest BCUT2D eigenvalue weighted by molar-refractivity contribution is 5.51.